The van der Waals surface area contributed by atoms with Crippen LogP contribution in [0.25, 0.3) is 0 Å². The quantitative estimate of drug-likeness (QED) is 0.763. The Hall–Kier alpha value is -2.01. The topological polar surface area (TPSA) is 81.1 Å². The van der Waals surface area contributed by atoms with Crippen molar-refractivity contribution in [3.05, 3.63) is 52.5 Å². The first-order chi connectivity index (χ1) is 8.56. The maximum Gasteiger partial charge on any atom is 0.250 e. The van der Waals surface area contributed by atoms with Gasteiger partial charge in [-0.15, -0.1) is 0 Å². The fourth-order valence-electron chi connectivity index (χ4n) is 1.61. The second-order valence-corrected chi connectivity index (χ2v) is 4.72. The van der Waals surface area contributed by atoms with Crippen LogP contribution in [0.15, 0.2) is 46.9 Å². The normalized spacial score (nSPS) is 10.1. The van der Waals surface area contributed by atoms with Crippen LogP contribution in [-0.2, 0) is 0 Å². The van der Waals surface area contributed by atoms with Crippen molar-refractivity contribution in [1.82, 2.24) is 0 Å². The number of carbonyl (C=O) groups excluding carboxylic acids is 1. The number of hydrogen-bond acceptors (Lipinski definition) is 3. The number of halogens is 1. The first-order valence-corrected chi connectivity index (χ1v) is 6.07. The van der Waals surface area contributed by atoms with Crippen molar-refractivity contribution in [1.29, 1.82) is 0 Å². The Morgan fingerprint density at radius 2 is 1.94 bits per heavy atom. The number of nitrogens with one attached hydrogen (secondary N) is 1. The van der Waals surface area contributed by atoms with Crippen LogP contribution in [0.2, 0.25) is 0 Å². The molecule has 0 unspecified atom stereocenters. The standard InChI is InChI=1S/C13H12BrN3O/c14-8-4-5-11(13(16)18)12(6-8)17-10-3-1-2-9(15)7-10/h1-7,17H,15H2,(H2,16,18). The Labute approximate surface area is 113 Å². The second kappa shape index (κ2) is 5.10. The average molecular weight is 306 g/mol. The van der Waals surface area contributed by atoms with E-state index in [1.807, 2.05) is 12.1 Å². The van der Waals surface area contributed by atoms with Crippen LogP contribution < -0.4 is 16.8 Å². The zero-order valence-electron chi connectivity index (χ0n) is 9.48. The summed E-state index contributed by atoms with van der Waals surface area (Å²) < 4.78 is 0.860. The number of hydrogen-bond donors (Lipinski definition) is 3. The summed E-state index contributed by atoms with van der Waals surface area (Å²) in [6.45, 7) is 0. The Morgan fingerprint density at radius 3 is 2.61 bits per heavy atom. The van der Waals surface area contributed by atoms with Crippen LogP contribution in [0, 0.1) is 0 Å². The SMILES string of the molecule is NC(=O)c1ccc(Br)cc1Nc1cccc(N)c1. The van der Waals surface area contributed by atoms with Gasteiger partial charge in [-0.3, -0.25) is 4.79 Å². The van der Waals surface area contributed by atoms with Gasteiger partial charge in [0.2, 0.25) is 0 Å². The molecule has 4 nitrogen and oxygen atoms in total. The first kappa shape index (κ1) is 12.4. The molecule has 18 heavy (non-hydrogen) atoms. The van der Waals surface area contributed by atoms with Crippen LogP contribution >= 0.6 is 15.9 Å². The van der Waals surface area contributed by atoms with Crippen molar-refractivity contribution in [3.63, 3.8) is 0 Å². The van der Waals surface area contributed by atoms with Crippen LogP contribution in [0.4, 0.5) is 17.1 Å². The zero-order valence-corrected chi connectivity index (χ0v) is 11.1. The maximum atomic E-state index is 11.3. The summed E-state index contributed by atoms with van der Waals surface area (Å²) in [4.78, 5) is 11.3. The van der Waals surface area contributed by atoms with Gasteiger partial charge < -0.3 is 16.8 Å². The lowest BCUT2D eigenvalue weighted by molar-refractivity contribution is 0.100. The van der Waals surface area contributed by atoms with Gasteiger partial charge >= 0.3 is 0 Å². The lowest BCUT2D eigenvalue weighted by atomic mass is 10.1. The molecule has 0 aromatic heterocycles. The fourth-order valence-corrected chi connectivity index (χ4v) is 1.97. The van der Waals surface area contributed by atoms with E-state index in [4.69, 9.17) is 11.5 Å². The van der Waals surface area contributed by atoms with Gasteiger partial charge in [0.15, 0.2) is 0 Å². The average Bonchev–Trinajstić information content (AvgIpc) is 2.28. The van der Waals surface area contributed by atoms with Crippen molar-refractivity contribution in [2.24, 2.45) is 5.73 Å². The van der Waals surface area contributed by atoms with E-state index < -0.39 is 5.91 Å². The highest BCUT2D eigenvalue weighted by molar-refractivity contribution is 9.10. The number of benzene rings is 2. The highest BCUT2D eigenvalue weighted by Crippen LogP contribution is 2.25. The van der Waals surface area contributed by atoms with Gasteiger partial charge in [0.25, 0.3) is 5.91 Å². The summed E-state index contributed by atoms with van der Waals surface area (Å²) in [5, 5.41) is 3.12. The van der Waals surface area contributed by atoms with Crippen LogP contribution in [0.5, 0.6) is 0 Å². The third kappa shape index (κ3) is 2.81. The van der Waals surface area contributed by atoms with E-state index in [1.165, 1.54) is 0 Å². The van der Waals surface area contributed by atoms with Gasteiger partial charge in [-0.25, -0.2) is 0 Å². The van der Waals surface area contributed by atoms with E-state index in [-0.39, 0.29) is 0 Å². The molecule has 2 rings (SSSR count). The third-order valence-electron chi connectivity index (χ3n) is 2.41. The molecule has 0 saturated carbocycles. The Morgan fingerprint density at radius 1 is 1.17 bits per heavy atom. The monoisotopic (exact) mass is 305 g/mol. The van der Waals surface area contributed by atoms with Gasteiger partial charge in [-0.1, -0.05) is 22.0 Å². The van der Waals surface area contributed by atoms with Gasteiger partial charge in [0, 0.05) is 15.8 Å². The van der Waals surface area contributed by atoms with Crippen LogP contribution in [0.1, 0.15) is 10.4 Å². The summed E-state index contributed by atoms with van der Waals surface area (Å²) in [6, 6.07) is 12.5. The molecule has 5 heteroatoms. The molecule has 5 N–H and O–H groups in total. The molecule has 1 amide bonds. The van der Waals surface area contributed by atoms with E-state index >= 15 is 0 Å². The molecule has 0 aliphatic carbocycles. The summed E-state index contributed by atoms with van der Waals surface area (Å²) >= 11 is 3.36. The number of rotatable bonds is 3. The van der Waals surface area contributed by atoms with Crippen molar-refractivity contribution in [2.75, 3.05) is 11.1 Å². The minimum absolute atomic E-state index is 0.431. The van der Waals surface area contributed by atoms with Gasteiger partial charge in [0.1, 0.15) is 0 Å². The van der Waals surface area contributed by atoms with E-state index in [0.29, 0.717) is 16.9 Å². The van der Waals surface area contributed by atoms with Crippen molar-refractivity contribution in [3.8, 4) is 0 Å². The smallest absolute Gasteiger partial charge is 0.250 e. The minimum Gasteiger partial charge on any atom is -0.399 e. The number of carbonyl (C=O) groups is 1. The number of anilines is 3. The van der Waals surface area contributed by atoms with Crippen LogP contribution in [0.3, 0.4) is 0 Å². The number of amides is 1. The molecule has 0 saturated heterocycles. The number of primary amides is 1. The molecule has 0 atom stereocenters. The summed E-state index contributed by atoms with van der Waals surface area (Å²) in [6.07, 6.45) is 0. The lowest BCUT2D eigenvalue weighted by Gasteiger charge is -2.11. The zero-order chi connectivity index (χ0) is 13.1. The van der Waals surface area contributed by atoms with E-state index in [1.54, 1.807) is 30.3 Å². The van der Waals surface area contributed by atoms with E-state index in [2.05, 4.69) is 21.2 Å². The van der Waals surface area contributed by atoms with E-state index in [0.717, 1.165) is 10.2 Å². The molecular formula is C13H12BrN3O. The molecule has 2 aromatic carbocycles. The highest BCUT2D eigenvalue weighted by Gasteiger charge is 2.08. The summed E-state index contributed by atoms with van der Waals surface area (Å²) in [5.74, 6) is -0.478. The van der Waals surface area contributed by atoms with Crippen LogP contribution in [-0.4, -0.2) is 5.91 Å². The minimum atomic E-state index is -0.478. The third-order valence-corrected chi connectivity index (χ3v) is 2.91. The molecule has 0 aliphatic heterocycles. The molecule has 0 spiro atoms. The number of nitrogens with two attached hydrogens (primary N) is 2. The van der Waals surface area contributed by atoms with Gasteiger partial charge in [-0.05, 0) is 36.4 Å². The second-order valence-electron chi connectivity index (χ2n) is 3.80. The summed E-state index contributed by atoms with van der Waals surface area (Å²) in [7, 11) is 0. The Kier molecular flexibility index (Phi) is 3.53. The molecule has 0 aliphatic rings. The molecule has 0 fully saturated rings. The van der Waals surface area contributed by atoms with Crippen molar-refractivity contribution in [2.45, 2.75) is 0 Å². The fraction of sp³-hybridized carbons (Fsp3) is 0. The largest absolute Gasteiger partial charge is 0.399 e. The first-order valence-electron chi connectivity index (χ1n) is 5.28. The van der Waals surface area contributed by atoms with Gasteiger partial charge in [-0.2, -0.15) is 0 Å². The maximum absolute atomic E-state index is 11.3. The highest BCUT2D eigenvalue weighted by atomic mass is 79.9. The predicted molar refractivity (Wildman–Crippen MR) is 76.8 cm³/mol. The van der Waals surface area contributed by atoms with E-state index in [9.17, 15) is 4.79 Å². The lowest BCUT2D eigenvalue weighted by Crippen LogP contribution is -2.13. The molecule has 0 bridgehead atoms. The molecule has 0 heterocycles. The van der Waals surface area contributed by atoms with Crippen molar-refractivity contribution < 1.29 is 4.79 Å². The van der Waals surface area contributed by atoms with Gasteiger partial charge in [0.05, 0.1) is 11.3 Å². The molecule has 0 radical (unpaired) electrons. The predicted octanol–water partition coefficient (Wildman–Crippen LogP) is 2.87. The Bertz CT molecular complexity index is 599. The van der Waals surface area contributed by atoms with Crippen molar-refractivity contribution >= 4 is 38.9 Å². The Balaban J connectivity index is 2.39. The summed E-state index contributed by atoms with van der Waals surface area (Å²) in [5.41, 5.74) is 13.6. The molecule has 92 valence electrons. The molecule has 2 aromatic rings. The number of nitrogen functional groups attached to an aromatic ring is 1. The molecular weight excluding hydrogens is 294 g/mol.